The molecule has 0 saturated carbocycles. The standard InChI is InChI=1S/C4H10ClO4P/c1-3-4(2)8-10(6,7)9-5/h4H,3H2,1-2H3,(H,6,7). The van der Waals surface area contributed by atoms with E-state index in [0.717, 1.165) is 0 Å². The fourth-order valence-corrected chi connectivity index (χ4v) is 1.05. The molecule has 0 rings (SSSR count). The van der Waals surface area contributed by atoms with E-state index in [0.29, 0.717) is 6.42 Å². The summed E-state index contributed by atoms with van der Waals surface area (Å²) in [6.45, 7) is 3.47. The largest absolute Gasteiger partial charge is 0.488 e. The highest BCUT2D eigenvalue weighted by molar-refractivity contribution is 7.48. The van der Waals surface area contributed by atoms with Crippen molar-refractivity contribution in [3.63, 3.8) is 0 Å². The average Bonchev–Trinajstić information content (AvgIpc) is 1.87. The van der Waals surface area contributed by atoms with E-state index in [-0.39, 0.29) is 6.10 Å². The lowest BCUT2D eigenvalue weighted by molar-refractivity contribution is 0.150. The van der Waals surface area contributed by atoms with Gasteiger partial charge in [0.25, 0.3) is 0 Å². The van der Waals surface area contributed by atoms with Gasteiger partial charge in [-0.05, 0) is 13.3 Å². The molecule has 0 fully saturated rings. The van der Waals surface area contributed by atoms with Gasteiger partial charge in [-0.15, -0.1) is 0 Å². The van der Waals surface area contributed by atoms with Crippen molar-refractivity contribution in [1.29, 1.82) is 0 Å². The molecule has 0 heterocycles. The maximum absolute atomic E-state index is 10.5. The van der Waals surface area contributed by atoms with Crippen LogP contribution in [0.5, 0.6) is 0 Å². The molecule has 0 radical (unpaired) electrons. The van der Waals surface area contributed by atoms with Gasteiger partial charge in [0.05, 0.1) is 18.0 Å². The van der Waals surface area contributed by atoms with Crippen LogP contribution in [0.3, 0.4) is 0 Å². The highest BCUT2D eigenvalue weighted by Crippen LogP contribution is 2.46. The predicted octanol–water partition coefficient (Wildman–Crippen LogP) is 2.07. The van der Waals surface area contributed by atoms with Crippen LogP contribution in [-0.2, 0) is 13.2 Å². The SMILES string of the molecule is CCC(C)OP(=O)(O)OCl. The van der Waals surface area contributed by atoms with Gasteiger partial charge < -0.3 is 4.89 Å². The molecule has 1 N–H and O–H groups in total. The first-order valence-electron chi connectivity index (χ1n) is 2.83. The lowest BCUT2D eigenvalue weighted by atomic mass is 10.3. The third kappa shape index (κ3) is 4.25. The lowest BCUT2D eigenvalue weighted by Crippen LogP contribution is -2.03. The molecule has 0 aliphatic heterocycles. The van der Waals surface area contributed by atoms with Crippen LogP contribution in [0.2, 0.25) is 0 Å². The maximum atomic E-state index is 10.5. The minimum absolute atomic E-state index is 0.324. The van der Waals surface area contributed by atoms with Crippen LogP contribution >= 0.6 is 19.7 Å². The Balaban J connectivity index is 3.77. The fourth-order valence-electron chi connectivity index (χ4n) is 0.318. The summed E-state index contributed by atoms with van der Waals surface area (Å²) in [6, 6.07) is 0. The smallest absolute Gasteiger partial charge is 0.302 e. The van der Waals surface area contributed by atoms with Gasteiger partial charge in [-0.2, -0.15) is 4.08 Å². The van der Waals surface area contributed by atoms with E-state index in [2.05, 4.69) is 20.5 Å². The Kier molecular flexibility index (Phi) is 4.49. The van der Waals surface area contributed by atoms with Crippen LogP contribution in [0.15, 0.2) is 0 Å². The summed E-state index contributed by atoms with van der Waals surface area (Å²) in [5, 5.41) is 0. The summed E-state index contributed by atoms with van der Waals surface area (Å²) in [5.41, 5.74) is 0. The van der Waals surface area contributed by atoms with Crippen molar-refractivity contribution >= 4 is 19.7 Å². The Morgan fingerprint density at radius 3 is 2.60 bits per heavy atom. The van der Waals surface area contributed by atoms with Crippen LogP contribution in [0.25, 0.3) is 0 Å². The van der Waals surface area contributed by atoms with Gasteiger partial charge in [0.1, 0.15) is 0 Å². The molecule has 0 aromatic rings. The van der Waals surface area contributed by atoms with E-state index in [1.54, 1.807) is 6.92 Å². The predicted molar refractivity (Wildman–Crippen MR) is 37.6 cm³/mol. The molecule has 2 unspecified atom stereocenters. The summed E-state index contributed by atoms with van der Waals surface area (Å²) in [7, 11) is -3.98. The van der Waals surface area contributed by atoms with Gasteiger partial charge >= 0.3 is 7.82 Å². The van der Waals surface area contributed by atoms with E-state index < -0.39 is 7.82 Å². The molecular formula is C4H10ClO4P. The van der Waals surface area contributed by atoms with Gasteiger partial charge in [-0.1, -0.05) is 6.92 Å². The number of rotatable bonds is 4. The van der Waals surface area contributed by atoms with Crippen molar-refractivity contribution in [3.8, 4) is 0 Å². The first kappa shape index (κ1) is 10.4. The number of phosphoric ester groups is 1. The summed E-state index contributed by atoms with van der Waals surface area (Å²) >= 11 is 4.66. The quantitative estimate of drug-likeness (QED) is 0.687. The van der Waals surface area contributed by atoms with Crippen molar-refractivity contribution in [2.75, 3.05) is 0 Å². The Morgan fingerprint density at radius 2 is 2.30 bits per heavy atom. The van der Waals surface area contributed by atoms with E-state index in [1.165, 1.54) is 0 Å². The minimum Gasteiger partial charge on any atom is -0.302 e. The Hall–Kier alpha value is 0.400. The molecule has 0 amide bonds. The van der Waals surface area contributed by atoms with Gasteiger partial charge in [-0.3, -0.25) is 4.52 Å². The van der Waals surface area contributed by atoms with Gasteiger partial charge in [0.15, 0.2) is 0 Å². The molecule has 6 heteroatoms. The Bertz CT molecular complexity index is 139. The second kappa shape index (κ2) is 4.31. The van der Waals surface area contributed by atoms with Gasteiger partial charge in [0, 0.05) is 0 Å². The monoisotopic (exact) mass is 188 g/mol. The van der Waals surface area contributed by atoms with Crippen LogP contribution in [0, 0.1) is 0 Å². The fraction of sp³-hybridized carbons (Fsp3) is 1.00. The lowest BCUT2D eigenvalue weighted by Gasteiger charge is -2.11. The van der Waals surface area contributed by atoms with Crippen LogP contribution in [0.1, 0.15) is 20.3 Å². The third-order valence-corrected chi connectivity index (χ3v) is 2.30. The van der Waals surface area contributed by atoms with Crippen molar-refractivity contribution < 1.29 is 18.1 Å². The Labute approximate surface area is 64.9 Å². The molecule has 2 atom stereocenters. The third-order valence-electron chi connectivity index (χ3n) is 0.975. The first-order chi connectivity index (χ1) is 4.52. The molecule has 0 aliphatic carbocycles. The first-order valence-corrected chi connectivity index (χ1v) is 4.63. The summed E-state index contributed by atoms with van der Waals surface area (Å²) in [6.07, 6.45) is 0.305. The molecule has 10 heavy (non-hydrogen) atoms. The Morgan fingerprint density at radius 1 is 1.80 bits per heavy atom. The number of hydrogen-bond acceptors (Lipinski definition) is 3. The van der Waals surface area contributed by atoms with Crippen molar-refractivity contribution in [2.24, 2.45) is 0 Å². The van der Waals surface area contributed by atoms with Crippen LogP contribution < -0.4 is 0 Å². The van der Waals surface area contributed by atoms with E-state index >= 15 is 0 Å². The maximum Gasteiger partial charge on any atom is 0.488 e. The zero-order chi connectivity index (χ0) is 8.20. The molecule has 0 spiro atoms. The molecule has 0 aromatic heterocycles. The van der Waals surface area contributed by atoms with Crippen LogP contribution in [0.4, 0.5) is 0 Å². The topological polar surface area (TPSA) is 55.8 Å². The highest BCUT2D eigenvalue weighted by atomic mass is 35.5. The summed E-state index contributed by atoms with van der Waals surface area (Å²) in [5.74, 6) is 0. The average molecular weight is 189 g/mol. The number of phosphoric acid groups is 1. The zero-order valence-corrected chi connectivity index (χ0v) is 7.43. The molecular weight excluding hydrogens is 178 g/mol. The normalized spacial score (nSPS) is 20.0. The summed E-state index contributed by atoms with van der Waals surface area (Å²) in [4.78, 5) is 8.60. The van der Waals surface area contributed by atoms with Gasteiger partial charge in [-0.25, -0.2) is 4.57 Å². The summed E-state index contributed by atoms with van der Waals surface area (Å²) < 4.78 is 18.7. The molecule has 4 nitrogen and oxygen atoms in total. The molecule has 0 aromatic carbocycles. The van der Waals surface area contributed by atoms with Crippen molar-refractivity contribution in [2.45, 2.75) is 26.4 Å². The number of hydrogen-bond donors (Lipinski definition) is 1. The molecule has 0 aliphatic rings. The van der Waals surface area contributed by atoms with E-state index in [4.69, 9.17) is 4.89 Å². The van der Waals surface area contributed by atoms with Crippen LogP contribution in [-0.4, -0.2) is 11.0 Å². The molecule has 0 bridgehead atoms. The zero-order valence-electron chi connectivity index (χ0n) is 5.78. The van der Waals surface area contributed by atoms with Crippen molar-refractivity contribution in [1.82, 2.24) is 0 Å². The van der Waals surface area contributed by atoms with E-state index in [9.17, 15) is 4.57 Å². The minimum atomic E-state index is -3.98. The molecule has 62 valence electrons. The van der Waals surface area contributed by atoms with E-state index in [1.807, 2.05) is 6.92 Å². The molecule has 0 saturated heterocycles. The number of halogens is 1. The second-order valence-corrected chi connectivity index (χ2v) is 3.56. The van der Waals surface area contributed by atoms with Gasteiger partial charge in [0.2, 0.25) is 0 Å². The highest BCUT2D eigenvalue weighted by Gasteiger charge is 2.22. The van der Waals surface area contributed by atoms with Crippen molar-refractivity contribution in [3.05, 3.63) is 0 Å². The second-order valence-electron chi connectivity index (χ2n) is 1.86.